The topological polar surface area (TPSA) is 59.3 Å². The Morgan fingerprint density at radius 2 is 1.74 bits per heavy atom. The minimum Gasteiger partial charge on any atom is -0.455 e. The second-order valence-corrected chi connectivity index (χ2v) is 7.94. The first kappa shape index (κ1) is 19.4. The summed E-state index contributed by atoms with van der Waals surface area (Å²) in [6.07, 6.45) is 1.76. The normalized spacial score (nSPS) is 11.9. The lowest BCUT2D eigenvalue weighted by molar-refractivity contribution is 0.0924. The first-order valence-electron chi connectivity index (χ1n) is 8.66. The van der Waals surface area contributed by atoms with E-state index in [0.29, 0.717) is 22.2 Å². The Labute approximate surface area is 166 Å². The first-order valence-corrected chi connectivity index (χ1v) is 10.4. The number of nitrogens with one attached hydrogen (secondary N) is 1. The monoisotopic (exact) mass is 401 g/mol. The van der Waals surface area contributed by atoms with E-state index in [1.54, 1.807) is 36.4 Å². The molecule has 3 aromatic rings. The third-order valence-electron chi connectivity index (χ3n) is 4.01. The molecular weight excluding hydrogens is 382 g/mol. The zero-order valence-electron chi connectivity index (χ0n) is 14.7. The van der Waals surface area contributed by atoms with Crippen LogP contribution in [0.1, 0.15) is 28.3 Å². The molecule has 3 rings (SSSR count). The van der Waals surface area contributed by atoms with Gasteiger partial charge in [-0.3, -0.25) is 9.00 Å². The van der Waals surface area contributed by atoms with Crippen molar-refractivity contribution in [2.75, 3.05) is 6.54 Å². The standard InChI is InChI=1S/C21H20ClNO3S/c22-17-8-11-19(12-9-17)27(25)15-18-10-13-20(26-18)21(24)23-14-4-7-16-5-2-1-3-6-16/h1-3,5-6,8-13H,4,7,14-15H2,(H,23,24)/t27-/m1/s1. The lowest BCUT2D eigenvalue weighted by Crippen LogP contribution is -2.24. The summed E-state index contributed by atoms with van der Waals surface area (Å²) in [5, 5.41) is 3.45. The van der Waals surface area contributed by atoms with Gasteiger partial charge < -0.3 is 9.73 Å². The molecule has 0 aliphatic heterocycles. The fourth-order valence-electron chi connectivity index (χ4n) is 2.60. The second kappa shape index (κ2) is 9.53. The molecule has 0 spiro atoms. The van der Waals surface area contributed by atoms with E-state index in [-0.39, 0.29) is 17.4 Å². The van der Waals surface area contributed by atoms with Crippen LogP contribution < -0.4 is 5.32 Å². The number of halogens is 1. The number of hydrogen-bond acceptors (Lipinski definition) is 3. The van der Waals surface area contributed by atoms with Crippen LogP contribution in [0.2, 0.25) is 5.02 Å². The average Bonchev–Trinajstić information content (AvgIpc) is 3.15. The summed E-state index contributed by atoms with van der Waals surface area (Å²) in [5.41, 5.74) is 1.25. The number of hydrogen-bond donors (Lipinski definition) is 1. The van der Waals surface area contributed by atoms with Crippen LogP contribution in [0.4, 0.5) is 0 Å². The molecule has 1 amide bonds. The van der Waals surface area contributed by atoms with Crippen molar-refractivity contribution in [3.8, 4) is 0 Å². The quantitative estimate of drug-likeness (QED) is 0.561. The molecule has 1 N–H and O–H groups in total. The molecule has 0 radical (unpaired) electrons. The summed E-state index contributed by atoms with van der Waals surface area (Å²) >= 11 is 5.84. The van der Waals surface area contributed by atoms with Gasteiger partial charge in [0, 0.05) is 16.5 Å². The smallest absolute Gasteiger partial charge is 0.286 e. The van der Waals surface area contributed by atoms with Crippen molar-refractivity contribution in [3.63, 3.8) is 0 Å². The van der Waals surface area contributed by atoms with Gasteiger partial charge in [-0.1, -0.05) is 41.9 Å². The summed E-state index contributed by atoms with van der Waals surface area (Å²) in [5.74, 6) is 0.699. The van der Waals surface area contributed by atoms with Crippen molar-refractivity contribution >= 4 is 28.3 Å². The molecule has 2 aromatic carbocycles. The molecule has 0 saturated carbocycles. The number of amides is 1. The van der Waals surface area contributed by atoms with Gasteiger partial charge in [-0.15, -0.1) is 0 Å². The number of carbonyl (C=O) groups excluding carboxylic acids is 1. The van der Waals surface area contributed by atoms with E-state index in [0.717, 1.165) is 12.8 Å². The number of aryl methyl sites for hydroxylation is 1. The Morgan fingerprint density at radius 1 is 1.00 bits per heavy atom. The highest BCUT2D eigenvalue weighted by Crippen LogP contribution is 2.17. The lowest BCUT2D eigenvalue weighted by atomic mass is 10.1. The molecule has 1 atom stereocenters. The van der Waals surface area contributed by atoms with Crippen LogP contribution >= 0.6 is 11.6 Å². The van der Waals surface area contributed by atoms with Gasteiger partial charge in [0.15, 0.2) is 5.76 Å². The van der Waals surface area contributed by atoms with Crippen LogP contribution in [0.25, 0.3) is 0 Å². The number of benzene rings is 2. The van der Waals surface area contributed by atoms with E-state index in [1.807, 2.05) is 18.2 Å². The molecule has 0 fully saturated rings. The van der Waals surface area contributed by atoms with Crippen molar-refractivity contribution in [2.45, 2.75) is 23.5 Å². The molecule has 6 heteroatoms. The van der Waals surface area contributed by atoms with Crippen molar-refractivity contribution in [2.24, 2.45) is 0 Å². The van der Waals surface area contributed by atoms with Crippen molar-refractivity contribution in [3.05, 3.63) is 88.8 Å². The van der Waals surface area contributed by atoms with Gasteiger partial charge in [0.25, 0.3) is 5.91 Å². The maximum atomic E-state index is 12.4. The highest BCUT2D eigenvalue weighted by molar-refractivity contribution is 7.84. The fraction of sp³-hybridized carbons (Fsp3) is 0.190. The third kappa shape index (κ3) is 5.81. The van der Waals surface area contributed by atoms with Crippen LogP contribution in [-0.4, -0.2) is 16.7 Å². The molecule has 140 valence electrons. The Bertz CT molecular complexity index is 907. The molecule has 0 aliphatic carbocycles. The Morgan fingerprint density at radius 3 is 2.48 bits per heavy atom. The zero-order chi connectivity index (χ0) is 19.1. The van der Waals surface area contributed by atoms with E-state index < -0.39 is 10.8 Å². The van der Waals surface area contributed by atoms with Crippen LogP contribution in [0, 0.1) is 0 Å². The fourth-order valence-corrected chi connectivity index (χ4v) is 3.75. The second-order valence-electron chi connectivity index (χ2n) is 6.05. The van der Waals surface area contributed by atoms with E-state index in [9.17, 15) is 9.00 Å². The summed E-state index contributed by atoms with van der Waals surface area (Å²) in [6.45, 7) is 0.570. The SMILES string of the molecule is O=C(NCCCc1ccccc1)c1ccc(C[S@@](=O)c2ccc(Cl)cc2)o1. The summed E-state index contributed by atoms with van der Waals surface area (Å²) in [4.78, 5) is 12.8. The van der Waals surface area contributed by atoms with E-state index in [1.165, 1.54) is 5.56 Å². The Hall–Kier alpha value is -2.37. The van der Waals surface area contributed by atoms with Gasteiger partial charge in [0.05, 0.1) is 16.6 Å². The molecular formula is C21H20ClNO3S. The van der Waals surface area contributed by atoms with E-state index in [2.05, 4.69) is 17.4 Å². The highest BCUT2D eigenvalue weighted by Gasteiger charge is 2.13. The highest BCUT2D eigenvalue weighted by atomic mass is 35.5. The van der Waals surface area contributed by atoms with E-state index >= 15 is 0 Å². The van der Waals surface area contributed by atoms with E-state index in [4.69, 9.17) is 16.0 Å². The Balaban J connectivity index is 1.47. The van der Waals surface area contributed by atoms with Gasteiger partial charge in [-0.05, 0) is 54.8 Å². The maximum absolute atomic E-state index is 12.4. The average molecular weight is 402 g/mol. The number of furan rings is 1. The molecule has 0 bridgehead atoms. The zero-order valence-corrected chi connectivity index (χ0v) is 16.3. The van der Waals surface area contributed by atoms with Gasteiger partial charge >= 0.3 is 0 Å². The van der Waals surface area contributed by atoms with Gasteiger partial charge in [0.2, 0.25) is 0 Å². The molecule has 0 unspecified atom stereocenters. The molecule has 0 saturated heterocycles. The third-order valence-corrected chi connectivity index (χ3v) is 5.60. The largest absolute Gasteiger partial charge is 0.455 e. The molecule has 1 aromatic heterocycles. The minimum absolute atomic E-state index is 0.211. The number of rotatable bonds is 8. The predicted molar refractivity (Wildman–Crippen MR) is 107 cm³/mol. The van der Waals surface area contributed by atoms with Gasteiger partial charge in [-0.25, -0.2) is 0 Å². The first-order chi connectivity index (χ1) is 13.1. The molecule has 4 nitrogen and oxygen atoms in total. The van der Waals surface area contributed by atoms with Crippen LogP contribution in [0.15, 0.2) is 76.0 Å². The van der Waals surface area contributed by atoms with Crippen molar-refractivity contribution in [1.29, 1.82) is 0 Å². The van der Waals surface area contributed by atoms with Crippen LogP contribution in [0.5, 0.6) is 0 Å². The predicted octanol–water partition coefficient (Wildman–Crippen LogP) is 4.60. The maximum Gasteiger partial charge on any atom is 0.286 e. The van der Waals surface area contributed by atoms with Crippen LogP contribution in [0.3, 0.4) is 0 Å². The molecule has 1 heterocycles. The summed E-state index contributed by atoms with van der Waals surface area (Å²) in [7, 11) is -1.25. The molecule has 27 heavy (non-hydrogen) atoms. The summed E-state index contributed by atoms with van der Waals surface area (Å²) < 4.78 is 17.9. The minimum atomic E-state index is -1.25. The van der Waals surface area contributed by atoms with Gasteiger partial charge in [0.1, 0.15) is 5.76 Å². The Kier molecular flexibility index (Phi) is 6.85. The lowest BCUT2D eigenvalue weighted by Gasteiger charge is -2.04. The van der Waals surface area contributed by atoms with Crippen LogP contribution in [-0.2, 0) is 23.0 Å². The summed E-state index contributed by atoms with van der Waals surface area (Å²) in [6, 6.07) is 20.3. The van der Waals surface area contributed by atoms with Crippen molar-refractivity contribution < 1.29 is 13.4 Å². The molecule has 0 aliphatic rings. The van der Waals surface area contributed by atoms with Gasteiger partial charge in [-0.2, -0.15) is 0 Å². The number of carbonyl (C=O) groups is 1. The van der Waals surface area contributed by atoms with Crippen molar-refractivity contribution in [1.82, 2.24) is 5.32 Å².